The maximum Gasteiger partial charge on any atom is 0.335 e. The topological polar surface area (TPSA) is 55.8 Å². The van der Waals surface area contributed by atoms with Crippen molar-refractivity contribution in [1.29, 1.82) is 0 Å². The summed E-state index contributed by atoms with van der Waals surface area (Å²) in [6.07, 6.45) is 2.29. The fourth-order valence-corrected chi connectivity index (χ4v) is 4.80. The lowest BCUT2D eigenvalue weighted by Crippen LogP contribution is -2.46. The van der Waals surface area contributed by atoms with E-state index >= 15 is 0 Å². The molecule has 166 valence electrons. The summed E-state index contributed by atoms with van der Waals surface area (Å²) in [5, 5.41) is 9.31. The summed E-state index contributed by atoms with van der Waals surface area (Å²) in [6, 6.07) is 13.5. The molecule has 0 bridgehead atoms. The highest BCUT2D eigenvalue weighted by atomic mass is 16.7. The maximum atomic E-state index is 11.4. The van der Waals surface area contributed by atoms with Gasteiger partial charge in [-0.1, -0.05) is 65.8 Å². The molecule has 1 saturated heterocycles. The van der Waals surface area contributed by atoms with Crippen LogP contribution in [0.4, 0.5) is 0 Å². The molecule has 1 aliphatic heterocycles. The monoisotopic (exact) mass is 422 g/mol. The summed E-state index contributed by atoms with van der Waals surface area (Å²) >= 11 is 0. The second-order valence-corrected chi connectivity index (χ2v) is 11.3. The van der Waals surface area contributed by atoms with Gasteiger partial charge in [-0.3, -0.25) is 0 Å². The minimum absolute atomic E-state index is 0.0726. The number of hydrogen-bond acceptors (Lipinski definition) is 3. The predicted molar refractivity (Wildman–Crippen MR) is 122 cm³/mol. The summed E-state index contributed by atoms with van der Waals surface area (Å²) in [7, 11) is 0. The van der Waals surface area contributed by atoms with E-state index in [2.05, 4.69) is 59.7 Å². The number of carboxylic acids is 1. The second kappa shape index (κ2) is 7.18. The lowest BCUT2D eigenvalue weighted by Gasteiger charge is -2.46. The third-order valence-corrected chi connectivity index (χ3v) is 7.08. The summed E-state index contributed by atoms with van der Waals surface area (Å²) in [4.78, 5) is 11.4. The molecule has 4 rings (SSSR count). The number of carbonyl (C=O) groups is 1. The number of benzene rings is 2. The van der Waals surface area contributed by atoms with Crippen molar-refractivity contribution in [1.82, 2.24) is 0 Å². The molecule has 31 heavy (non-hydrogen) atoms. The van der Waals surface area contributed by atoms with Crippen molar-refractivity contribution in [3.8, 4) is 0 Å². The summed E-state index contributed by atoms with van der Waals surface area (Å²) in [5.74, 6) is -1.98. The summed E-state index contributed by atoms with van der Waals surface area (Å²) in [5.41, 5.74) is 4.90. The Labute approximate surface area is 185 Å². The molecule has 1 aliphatic carbocycles. The maximum absolute atomic E-state index is 11.4. The minimum atomic E-state index is -1.04. The molecule has 0 amide bonds. The molecule has 1 heterocycles. The van der Waals surface area contributed by atoms with Crippen LogP contribution in [0.3, 0.4) is 0 Å². The highest BCUT2D eigenvalue weighted by molar-refractivity contribution is 5.87. The zero-order valence-corrected chi connectivity index (χ0v) is 19.5. The molecule has 2 aromatic carbocycles. The molecule has 0 unspecified atom stereocenters. The quantitative estimate of drug-likeness (QED) is 0.658. The first-order valence-corrected chi connectivity index (χ1v) is 11.1. The van der Waals surface area contributed by atoms with Crippen LogP contribution in [0.1, 0.15) is 87.0 Å². The molecule has 0 spiro atoms. The third-order valence-electron chi connectivity index (χ3n) is 7.08. The van der Waals surface area contributed by atoms with Gasteiger partial charge in [0.2, 0.25) is 5.79 Å². The molecule has 0 radical (unpaired) electrons. The zero-order valence-electron chi connectivity index (χ0n) is 19.5. The first kappa shape index (κ1) is 22.0. The van der Waals surface area contributed by atoms with E-state index in [0.29, 0.717) is 13.2 Å². The standard InChI is InChI=1S/C27H34O4/c1-24(2)16-30-27(31-17-24,19-9-7-18(8-10-19)23(28)29)20-11-12-21-22(15-20)26(5,6)14-13-25(21,3)4/h7-12,15H,13-14,16-17H2,1-6H3,(H,28,29). The summed E-state index contributed by atoms with van der Waals surface area (Å²) < 4.78 is 13.0. The van der Waals surface area contributed by atoms with Crippen LogP contribution in [0, 0.1) is 5.41 Å². The SMILES string of the molecule is CC1(C)COC(c2ccc(C(=O)O)cc2)(c2ccc3c(c2)C(C)(C)CCC3(C)C)OC1. The van der Waals surface area contributed by atoms with Crippen LogP contribution >= 0.6 is 0 Å². The van der Waals surface area contributed by atoms with Gasteiger partial charge in [0.05, 0.1) is 18.8 Å². The molecular formula is C27H34O4. The molecule has 0 atom stereocenters. The average molecular weight is 423 g/mol. The Morgan fingerprint density at radius 1 is 0.774 bits per heavy atom. The molecule has 2 aromatic rings. The highest BCUT2D eigenvalue weighted by Crippen LogP contribution is 2.49. The van der Waals surface area contributed by atoms with Crippen LogP contribution in [0.5, 0.6) is 0 Å². The van der Waals surface area contributed by atoms with Crippen LogP contribution < -0.4 is 0 Å². The largest absolute Gasteiger partial charge is 0.478 e. The Hall–Kier alpha value is -2.17. The van der Waals surface area contributed by atoms with Gasteiger partial charge < -0.3 is 14.6 Å². The van der Waals surface area contributed by atoms with E-state index in [1.807, 2.05) is 12.1 Å². The third kappa shape index (κ3) is 3.81. The first-order chi connectivity index (χ1) is 14.4. The Balaban J connectivity index is 1.86. The minimum Gasteiger partial charge on any atom is -0.478 e. The Kier molecular flexibility index (Phi) is 5.10. The van der Waals surface area contributed by atoms with E-state index in [9.17, 15) is 9.90 Å². The molecule has 1 fully saturated rings. The number of carboxylic acid groups (broad SMARTS) is 1. The van der Waals surface area contributed by atoms with Crippen LogP contribution in [0.25, 0.3) is 0 Å². The zero-order chi connectivity index (χ0) is 22.7. The number of rotatable bonds is 3. The van der Waals surface area contributed by atoms with Crippen molar-refractivity contribution in [2.45, 2.75) is 71.0 Å². The van der Waals surface area contributed by atoms with E-state index in [0.717, 1.165) is 24.0 Å². The van der Waals surface area contributed by atoms with E-state index in [4.69, 9.17) is 9.47 Å². The lowest BCUT2D eigenvalue weighted by molar-refractivity contribution is -0.284. The molecule has 2 aliphatic rings. The van der Waals surface area contributed by atoms with E-state index in [1.165, 1.54) is 11.1 Å². The highest BCUT2D eigenvalue weighted by Gasteiger charge is 2.45. The number of aromatic carboxylic acids is 1. The van der Waals surface area contributed by atoms with Gasteiger partial charge in [-0.15, -0.1) is 0 Å². The second-order valence-electron chi connectivity index (χ2n) is 11.3. The molecule has 4 heteroatoms. The van der Waals surface area contributed by atoms with Gasteiger partial charge in [0, 0.05) is 16.5 Å². The van der Waals surface area contributed by atoms with Crippen LogP contribution in [0.15, 0.2) is 42.5 Å². The normalized spacial score (nSPS) is 23.0. The van der Waals surface area contributed by atoms with Gasteiger partial charge in [0.15, 0.2) is 0 Å². The van der Waals surface area contributed by atoms with Crippen molar-refractivity contribution in [2.75, 3.05) is 13.2 Å². The molecule has 0 saturated carbocycles. The van der Waals surface area contributed by atoms with Crippen molar-refractivity contribution in [3.05, 3.63) is 70.3 Å². The fourth-order valence-electron chi connectivity index (χ4n) is 4.80. The summed E-state index contributed by atoms with van der Waals surface area (Å²) in [6.45, 7) is 14.6. The molecule has 0 aromatic heterocycles. The van der Waals surface area contributed by atoms with Gasteiger partial charge in [-0.2, -0.15) is 0 Å². The van der Waals surface area contributed by atoms with Gasteiger partial charge in [-0.05, 0) is 53.0 Å². The predicted octanol–water partition coefficient (Wildman–Crippen LogP) is 6.01. The van der Waals surface area contributed by atoms with Crippen LogP contribution in [-0.4, -0.2) is 24.3 Å². The van der Waals surface area contributed by atoms with Crippen molar-refractivity contribution >= 4 is 5.97 Å². The molecular weight excluding hydrogens is 388 g/mol. The Morgan fingerprint density at radius 2 is 1.29 bits per heavy atom. The van der Waals surface area contributed by atoms with Crippen molar-refractivity contribution in [2.24, 2.45) is 5.41 Å². The first-order valence-electron chi connectivity index (χ1n) is 11.1. The van der Waals surface area contributed by atoms with Gasteiger partial charge >= 0.3 is 5.97 Å². The molecule has 4 nitrogen and oxygen atoms in total. The average Bonchev–Trinajstić information content (AvgIpc) is 2.72. The smallest absolute Gasteiger partial charge is 0.335 e. The fraction of sp³-hybridized carbons (Fsp3) is 0.519. The van der Waals surface area contributed by atoms with Gasteiger partial charge in [0.1, 0.15) is 0 Å². The Morgan fingerprint density at radius 3 is 1.84 bits per heavy atom. The number of fused-ring (bicyclic) bond motifs is 1. The number of ether oxygens (including phenoxy) is 2. The molecule has 1 N–H and O–H groups in total. The van der Waals surface area contributed by atoms with E-state index in [-0.39, 0.29) is 21.8 Å². The van der Waals surface area contributed by atoms with Crippen molar-refractivity contribution < 1.29 is 19.4 Å². The van der Waals surface area contributed by atoms with Gasteiger partial charge in [-0.25, -0.2) is 4.79 Å². The van der Waals surface area contributed by atoms with E-state index < -0.39 is 11.8 Å². The van der Waals surface area contributed by atoms with Crippen molar-refractivity contribution in [3.63, 3.8) is 0 Å². The van der Waals surface area contributed by atoms with Crippen LogP contribution in [0.2, 0.25) is 0 Å². The van der Waals surface area contributed by atoms with E-state index in [1.54, 1.807) is 12.1 Å². The Bertz CT molecular complexity index is 988. The van der Waals surface area contributed by atoms with Gasteiger partial charge in [0.25, 0.3) is 0 Å². The lowest BCUT2D eigenvalue weighted by atomic mass is 9.62. The number of hydrogen-bond donors (Lipinski definition) is 1. The van der Waals surface area contributed by atoms with Crippen LogP contribution in [-0.2, 0) is 26.1 Å².